The Balaban J connectivity index is 3.72. The summed E-state index contributed by atoms with van der Waals surface area (Å²) in [5, 5.41) is 25.2. The number of hydrogen-bond acceptors (Lipinski definition) is 3. The predicted octanol–water partition coefficient (Wildman–Crippen LogP) is -0.812. The number of halogens is 1. The molecular weight excluding hydrogens is 192 g/mol. The van der Waals surface area contributed by atoms with E-state index in [1.165, 1.54) is 0 Å². The molecule has 2 atom stereocenters. The molecule has 0 radical (unpaired) electrons. The smallest absolute Gasteiger partial charge is 0.335 e. The number of aliphatic hydroxyl groups excluding tert-OH is 2. The lowest BCUT2D eigenvalue weighted by Crippen LogP contribution is -2.34. The van der Waals surface area contributed by atoms with Crippen molar-refractivity contribution in [3.05, 3.63) is 0 Å². The summed E-state index contributed by atoms with van der Waals surface area (Å²) in [5.41, 5.74) is 0. The molecule has 0 aliphatic carbocycles. The number of hydrogen-bond donors (Lipinski definition) is 3. The van der Waals surface area contributed by atoms with Gasteiger partial charge >= 0.3 is 5.97 Å². The second kappa shape index (κ2) is 3.81. The number of alkyl halides is 1. The van der Waals surface area contributed by atoms with Gasteiger partial charge in [0, 0.05) is 5.33 Å². The Morgan fingerprint density at radius 3 is 2.11 bits per heavy atom. The van der Waals surface area contributed by atoms with E-state index >= 15 is 0 Å². The van der Waals surface area contributed by atoms with Crippen LogP contribution >= 0.6 is 15.9 Å². The van der Waals surface area contributed by atoms with E-state index in [4.69, 9.17) is 15.3 Å². The van der Waals surface area contributed by atoms with Gasteiger partial charge in [-0.15, -0.1) is 0 Å². The van der Waals surface area contributed by atoms with Crippen molar-refractivity contribution in [3.63, 3.8) is 0 Å². The molecule has 0 spiro atoms. The fraction of sp³-hybridized carbons (Fsp3) is 0.750. The second-order valence-electron chi connectivity index (χ2n) is 1.50. The van der Waals surface area contributed by atoms with Gasteiger partial charge in [0.2, 0.25) is 0 Å². The van der Waals surface area contributed by atoms with Crippen LogP contribution in [0.15, 0.2) is 0 Å². The van der Waals surface area contributed by atoms with Crippen LogP contribution < -0.4 is 0 Å². The molecule has 0 saturated carbocycles. The topological polar surface area (TPSA) is 77.8 Å². The van der Waals surface area contributed by atoms with Gasteiger partial charge in [-0.1, -0.05) is 15.9 Å². The van der Waals surface area contributed by atoms with Gasteiger partial charge in [0.25, 0.3) is 0 Å². The molecule has 54 valence electrons. The van der Waals surface area contributed by atoms with Crippen molar-refractivity contribution >= 4 is 21.9 Å². The van der Waals surface area contributed by atoms with Gasteiger partial charge in [0.15, 0.2) is 6.10 Å². The van der Waals surface area contributed by atoms with Crippen molar-refractivity contribution in [2.45, 2.75) is 12.2 Å². The highest BCUT2D eigenvalue weighted by Crippen LogP contribution is 1.96. The Kier molecular flexibility index (Phi) is 3.76. The van der Waals surface area contributed by atoms with Crippen molar-refractivity contribution < 1.29 is 20.1 Å². The van der Waals surface area contributed by atoms with Gasteiger partial charge in [0.1, 0.15) is 6.10 Å². The van der Waals surface area contributed by atoms with E-state index in [2.05, 4.69) is 15.9 Å². The minimum Gasteiger partial charge on any atom is -0.479 e. The Hall–Kier alpha value is -0.130. The molecule has 0 rings (SSSR count). The van der Waals surface area contributed by atoms with Gasteiger partial charge in [0.05, 0.1) is 0 Å². The monoisotopic (exact) mass is 198 g/mol. The zero-order valence-corrected chi connectivity index (χ0v) is 6.08. The molecule has 0 amide bonds. The molecule has 0 aromatic rings. The zero-order chi connectivity index (χ0) is 7.44. The van der Waals surface area contributed by atoms with Crippen LogP contribution in [-0.4, -0.2) is 38.8 Å². The largest absolute Gasteiger partial charge is 0.479 e. The maximum Gasteiger partial charge on any atom is 0.335 e. The third kappa shape index (κ3) is 2.78. The van der Waals surface area contributed by atoms with Crippen molar-refractivity contribution in [1.29, 1.82) is 0 Å². The molecule has 0 saturated heterocycles. The maximum atomic E-state index is 9.87. The van der Waals surface area contributed by atoms with Gasteiger partial charge in [-0.3, -0.25) is 0 Å². The summed E-state index contributed by atoms with van der Waals surface area (Å²) >= 11 is 2.81. The summed E-state index contributed by atoms with van der Waals surface area (Å²) in [6.45, 7) is 0. The fourth-order valence-corrected chi connectivity index (χ4v) is 0.603. The molecular formula is C4H7BrO4. The van der Waals surface area contributed by atoms with E-state index in [-0.39, 0.29) is 5.33 Å². The average molecular weight is 199 g/mol. The highest BCUT2D eigenvalue weighted by molar-refractivity contribution is 9.09. The summed E-state index contributed by atoms with van der Waals surface area (Å²) in [4.78, 5) is 9.87. The highest BCUT2D eigenvalue weighted by atomic mass is 79.9. The van der Waals surface area contributed by atoms with Crippen molar-refractivity contribution in [2.24, 2.45) is 0 Å². The van der Waals surface area contributed by atoms with Crippen LogP contribution in [0.2, 0.25) is 0 Å². The molecule has 0 unspecified atom stereocenters. The Morgan fingerprint density at radius 1 is 1.56 bits per heavy atom. The highest BCUT2D eigenvalue weighted by Gasteiger charge is 2.21. The first-order chi connectivity index (χ1) is 4.09. The number of aliphatic hydroxyl groups is 2. The normalized spacial score (nSPS) is 16.8. The molecule has 9 heavy (non-hydrogen) atoms. The molecule has 4 nitrogen and oxygen atoms in total. The summed E-state index contributed by atoms with van der Waals surface area (Å²) in [6.07, 6.45) is -2.92. The SMILES string of the molecule is O=C(O)[C@@H](O)[C@@H](O)CBr. The molecule has 5 heteroatoms. The first-order valence-electron chi connectivity index (χ1n) is 2.24. The van der Waals surface area contributed by atoms with Crippen LogP contribution in [0.5, 0.6) is 0 Å². The summed E-state index contributed by atoms with van der Waals surface area (Å²) in [6, 6.07) is 0. The third-order valence-electron chi connectivity index (χ3n) is 0.776. The van der Waals surface area contributed by atoms with E-state index in [0.29, 0.717) is 0 Å². The molecule has 0 aromatic heterocycles. The van der Waals surface area contributed by atoms with Crippen LogP contribution in [0.25, 0.3) is 0 Å². The van der Waals surface area contributed by atoms with Crippen LogP contribution in [-0.2, 0) is 4.79 Å². The quantitative estimate of drug-likeness (QED) is 0.519. The van der Waals surface area contributed by atoms with Crippen molar-refractivity contribution in [3.8, 4) is 0 Å². The van der Waals surface area contributed by atoms with E-state index in [9.17, 15) is 4.79 Å². The van der Waals surface area contributed by atoms with Gasteiger partial charge in [-0.05, 0) is 0 Å². The molecule has 0 heterocycles. The zero-order valence-electron chi connectivity index (χ0n) is 4.49. The molecule has 0 aliphatic heterocycles. The third-order valence-corrected chi connectivity index (χ3v) is 1.44. The first-order valence-corrected chi connectivity index (χ1v) is 3.36. The number of carboxylic acid groups (broad SMARTS) is 1. The second-order valence-corrected chi connectivity index (χ2v) is 2.15. The van der Waals surface area contributed by atoms with Crippen LogP contribution in [0.1, 0.15) is 0 Å². The lowest BCUT2D eigenvalue weighted by Gasteiger charge is -2.08. The lowest BCUT2D eigenvalue weighted by atomic mass is 10.2. The minimum absolute atomic E-state index is 0.0560. The molecule has 0 bridgehead atoms. The van der Waals surface area contributed by atoms with Crippen LogP contribution in [0, 0.1) is 0 Å². The standard InChI is InChI=1S/C4H7BrO4/c5-1-2(6)3(7)4(8)9/h2-3,6-7H,1H2,(H,8,9)/t2-,3-/m0/s1. The maximum absolute atomic E-state index is 9.87. The summed E-state index contributed by atoms with van der Waals surface area (Å²) in [5.74, 6) is -1.41. The molecule has 0 aliphatic rings. The lowest BCUT2D eigenvalue weighted by molar-refractivity contribution is -0.151. The number of aliphatic carboxylic acids is 1. The molecule has 0 aromatic carbocycles. The predicted molar refractivity (Wildman–Crippen MR) is 33.4 cm³/mol. The van der Waals surface area contributed by atoms with E-state index in [1.54, 1.807) is 0 Å². The Labute approximate surface area is 60.2 Å². The summed E-state index contributed by atoms with van der Waals surface area (Å²) < 4.78 is 0. The Bertz CT molecular complexity index is 105. The van der Waals surface area contributed by atoms with Crippen LogP contribution in [0.3, 0.4) is 0 Å². The van der Waals surface area contributed by atoms with Gasteiger partial charge in [-0.25, -0.2) is 4.79 Å². The molecule has 0 fully saturated rings. The van der Waals surface area contributed by atoms with E-state index < -0.39 is 18.2 Å². The fourth-order valence-electron chi connectivity index (χ4n) is 0.249. The molecule has 3 N–H and O–H groups in total. The summed E-state index contributed by atoms with van der Waals surface area (Å²) in [7, 11) is 0. The Morgan fingerprint density at radius 2 is 2.00 bits per heavy atom. The number of carboxylic acids is 1. The number of rotatable bonds is 3. The van der Waals surface area contributed by atoms with Crippen molar-refractivity contribution in [2.75, 3.05) is 5.33 Å². The van der Waals surface area contributed by atoms with Crippen molar-refractivity contribution in [1.82, 2.24) is 0 Å². The first kappa shape index (κ1) is 8.87. The van der Waals surface area contributed by atoms with Crippen LogP contribution in [0.4, 0.5) is 0 Å². The van der Waals surface area contributed by atoms with Gasteiger partial charge in [-0.2, -0.15) is 0 Å². The van der Waals surface area contributed by atoms with E-state index in [1.807, 2.05) is 0 Å². The minimum atomic E-state index is -1.69. The van der Waals surface area contributed by atoms with E-state index in [0.717, 1.165) is 0 Å². The average Bonchev–Trinajstić information content (AvgIpc) is 1.84. The van der Waals surface area contributed by atoms with Gasteiger partial charge < -0.3 is 15.3 Å². The number of carbonyl (C=O) groups is 1.